The van der Waals surface area contributed by atoms with Crippen molar-refractivity contribution in [2.24, 2.45) is 16.7 Å². The lowest BCUT2D eigenvalue weighted by Crippen LogP contribution is -2.47. The fourth-order valence-corrected chi connectivity index (χ4v) is 6.65. The van der Waals surface area contributed by atoms with E-state index in [0.29, 0.717) is 41.6 Å². The van der Waals surface area contributed by atoms with Crippen LogP contribution in [0.5, 0.6) is 11.5 Å². The highest BCUT2D eigenvalue weighted by Crippen LogP contribution is 2.65. The molecule has 2 aromatic rings. The average molecular weight is 469 g/mol. The molecule has 5 rings (SSSR count). The van der Waals surface area contributed by atoms with Crippen molar-refractivity contribution >= 4 is 17.7 Å². The van der Waals surface area contributed by atoms with Gasteiger partial charge in [-0.05, 0) is 48.1 Å². The molecule has 2 aliphatic carbocycles. The molecule has 1 aliphatic heterocycles. The maximum Gasteiger partial charge on any atom is 0.230 e. The van der Waals surface area contributed by atoms with Gasteiger partial charge in [0.1, 0.15) is 6.61 Å². The number of rotatable bonds is 7. The number of aromatic nitrogens is 3. The van der Waals surface area contributed by atoms with Gasteiger partial charge in [0.05, 0.1) is 5.75 Å². The topological polar surface area (TPSA) is 78.3 Å². The smallest absolute Gasteiger partial charge is 0.230 e. The van der Waals surface area contributed by atoms with Gasteiger partial charge in [-0.2, -0.15) is 0 Å². The highest BCUT2D eigenvalue weighted by atomic mass is 32.2. The molecule has 4 atom stereocenters. The van der Waals surface area contributed by atoms with E-state index in [1.807, 2.05) is 28.8 Å². The zero-order valence-corrected chi connectivity index (χ0v) is 20.4. The summed E-state index contributed by atoms with van der Waals surface area (Å²) in [4.78, 5) is 12.9. The summed E-state index contributed by atoms with van der Waals surface area (Å²) in [6.45, 7) is 11.8. The predicted octanol–water partition coefficient (Wildman–Crippen LogP) is 4.40. The van der Waals surface area contributed by atoms with Crippen molar-refractivity contribution in [3.05, 3.63) is 42.7 Å². The van der Waals surface area contributed by atoms with Crippen molar-refractivity contribution in [1.29, 1.82) is 0 Å². The number of hydrogen-bond acceptors (Lipinski definition) is 6. The summed E-state index contributed by atoms with van der Waals surface area (Å²) in [6.07, 6.45) is 4.97. The number of amides is 1. The quantitative estimate of drug-likeness (QED) is 0.479. The number of nitrogens with zero attached hydrogens (tertiary/aromatic N) is 3. The van der Waals surface area contributed by atoms with Gasteiger partial charge in [0.25, 0.3) is 0 Å². The van der Waals surface area contributed by atoms with E-state index in [1.165, 1.54) is 24.6 Å². The van der Waals surface area contributed by atoms with Gasteiger partial charge >= 0.3 is 0 Å². The molecular formula is C25H32N4O3S. The van der Waals surface area contributed by atoms with Crippen LogP contribution in [0, 0.1) is 16.7 Å². The summed E-state index contributed by atoms with van der Waals surface area (Å²) in [5.41, 5.74) is 0.445. The summed E-state index contributed by atoms with van der Waals surface area (Å²) >= 11 is 1.40. The molecule has 0 saturated heterocycles. The fraction of sp³-hybridized carbons (Fsp3) is 0.560. The third kappa shape index (κ3) is 3.72. The van der Waals surface area contributed by atoms with Crippen LogP contribution in [0.25, 0.3) is 0 Å². The van der Waals surface area contributed by atoms with E-state index in [1.54, 1.807) is 6.08 Å². The third-order valence-corrected chi connectivity index (χ3v) is 9.28. The highest BCUT2D eigenvalue weighted by molar-refractivity contribution is 7.99. The molecule has 2 bridgehead atoms. The number of para-hydroxylation sites is 2. The van der Waals surface area contributed by atoms with E-state index >= 15 is 0 Å². The van der Waals surface area contributed by atoms with Crippen LogP contribution in [-0.2, 0) is 11.3 Å². The minimum Gasteiger partial charge on any atom is -0.485 e. The number of fused-ring (bicyclic) bond motifs is 3. The highest BCUT2D eigenvalue weighted by Gasteiger charge is 2.61. The number of benzene rings is 1. The summed E-state index contributed by atoms with van der Waals surface area (Å²) < 4.78 is 13.9. The molecule has 7 nitrogen and oxygen atoms in total. The second kappa shape index (κ2) is 8.38. The second-order valence-electron chi connectivity index (χ2n) is 10.1. The lowest BCUT2D eigenvalue weighted by atomic mass is 9.69. The number of allylic oxidation sites excluding steroid dienone is 1. The van der Waals surface area contributed by atoms with Gasteiger partial charge in [-0.15, -0.1) is 16.8 Å². The maximum absolute atomic E-state index is 12.9. The third-order valence-electron chi connectivity index (χ3n) is 8.32. The molecule has 1 amide bonds. The number of ether oxygens (including phenoxy) is 2. The molecule has 1 aromatic heterocycles. The standard InChI is InChI=1S/C25H32N4O3S/c1-5-12-29-22(19-14-31-17-8-6-7-9-18(17)32-19)27-28-23(29)33-15-21(30)26-20-13-16-10-11-25(20,4)24(16,2)3/h5-9,16,19-20H,1,10-15H2,2-4H3,(H,26,30)/t16-,19-,20+,25-/m1/s1. The van der Waals surface area contributed by atoms with Gasteiger partial charge < -0.3 is 14.8 Å². The van der Waals surface area contributed by atoms with Gasteiger partial charge in [0.15, 0.2) is 28.6 Å². The molecule has 2 fully saturated rings. The van der Waals surface area contributed by atoms with E-state index in [9.17, 15) is 4.79 Å². The van der Waals surface area contributed by atoms with Crippen LogP contribution < -0.4 is 14.8 Å². The van der Waals surface area contributed by atoms with Crippen molar-refractivity contribution < 1.29 is 14.3 Å². The summed E-state index contributed by atoms with van der Waals surface area (Å²) in [5, 5.41) is 12.7. The zero-order chi connectivity index (χ0) is 23.2. The Morgan fingerprint density at radius 3 is 2.79 bits per heavy atom. The largest absolute Gasteiger partial charge is 0.485 e. The summed E-state index contributed by atoms with van der Waals surface area (Å²) in [6, 6.07) is 7.84. The monoisotopic (exact) mass is 468 g/mol. The van der Waals surface area contributed by atoms with Gasteiger partial charge in [-0.1, -0.05) is 50.7 Å². The van der Waals surface area contributed by atoms with Crippen LogP contribution in [0.4, 0.5) is 0 Å². The SMILES string of the molecule is C=CCn1c(SCC(=O)N[C@H]2C[C@H]3CC[C@@]2(C)C3(C)C)nnc1[C@H]1COc2ccccc2O1. The van der Waals surface area contributed by atoms with Crippen LogP contribution in [0.3, 0.4) is 0 Å². The molecule has 3 aliphatic rings. The molecule has 0 spiro atoms. The average Bonchev–Trinajstić information content (AvgIpc) is 3.36. The molecule has 0 unspecified atom stereocenters. The molecule has 1 N–H and O–H groups in total. The lowest BCUT2D eigenvalue weighted by molar-refractivity contribution is -0.120. The molecule has 1 aromatic carbocycles. The first kappa shape index (κ1) is 22.3. The Balaban J connectivity index is 1.25. The Morgan fingerprint density at radius 2 is 2.09 bits per heavy atom. The first-order chi connectivity index (χ1) is 15.8. The van der Waals surface area contributed by atoms with Crippen LogP contribution in [0.15, 0.2) is 42.1 Å². The van der Waals surface area contributed by atoms with Gasteiger partial charge in [-0.25, -0.2) is 0 Å². The van der Waals surface area contributed by atoms with Crippen molar-refractivity contribution in [2.45, 2.75) is 63.9 Å². The predicted molar refractivity (Wildman–Crippen MR) is 127 cm³/mol. The maximum atomic E-state index is 12.9. The lowest BCUT2D eigenvalue weighted by Gasteiger charge is -2.39. The van der Waals surface area contributed by atoms with Crippen LogP contribution in [0.2, 0.25) is 0 Å². The fourth-order valence-electron chi connectivity index (χ4n) is 5.88. The minimum atomic E-state index is -0.369. The Labute approximate surface area is 199 Å². The number of thioether (sulfide) groups is 1. The molecule has 0 radical (unpaired) electrons. The van der Waals surface area contributed by atoms with Gasteiger partial charge in [-0.3, -0.25) is 9.36 Å². The minimum absolute atomic E-state index is 0.0513. The van der Waals surface area contributed by atoms with Crippen LogP contribution in [0.1, 0.15) is 52.0 Å². The van der Waals surface area contributed by atoms with Crippen LogP contribution in [-0.4, -0.2) is 39.1 Å². The number of nitrogens with one attached hydrogen (secondary N) is 1. The van der Waals surface area contributed by atoms with E-state index in [2.05, 4.69) is 42.9 Å². The summed E-state index contributed by atoms with van der Waals surface area (Å²) in [7, 11) is 0. The van der Waals surface area contributed by atoms with E-state index in [0.717, 1.165) is 12.2 Å². The number of carbonyl (C=O) groups excluding carboxylic acids is 1. The van der Waals surface area contributed by atoms with Gasteiger partial charge in [0.2, 0.25) is 5.91 Å². The Kier molecular flexibility index (Phi) is 5.67. The van der Waals surface area contributed by atoms with Crippen molar-refractivity contribution in [1.82, 2.24) is 20.1 Å². The number of hydrogen-bond donors (Lipinski definition) is 1. The molecule has 2 heterocycles. The normalized spacial score (nSPS) is 29.1. The molecule has 2 saturated carbocycles. The molecule has 8 heteroatoms. The zero-order valence-electron chi connectivity index (χ0n) is 19.5. The first-order valence-electron chi connectivity index (χ1n) is 11.7. The van der Waals surface area contributed by atoms with Gasteiger partial charge in [0, 0.05) is 12.6 Å². The van der Waals surface area contributed by atoms with Crippen molar-refractivity contribution in [3.8, 4) is 11.5 Å². The first-order valence-corrected chi connectivity index (χ1v) is 12.7. The van der Waals surface area contributed by atoms with Crippen molar-refractivity contribution in [2.75, 3.05) is 12.4 Å². The second-order valence-corrected chi connectivity index (χ2v) is 11.1. The Bertz CT molecular complexity index is 1070. The van der Waals surface area contributed by atoms with Crippen molar-refractivity contribution in [3.63, 3.8) is 0 Å². The molecule has 33 heavy (non-hydrogen) atoms. The Morgan fingerprint density at radius 1 is 1.30 bits per heavy atom. The van der Waals surface area contributed by atoms with E-state index in [4.69, 9.17) is 9.47 Å². The Hall–Kier alpha value is -2.48. The van der Waals surface area contributed by atoms with E-state index < -0.39 is 0 Å². The molecule has 176 valence electrons. The molecular weight excluding hydrogens is 436 g/mol. The van der Waals surface area contributed by atoms with E-state index in [-0.39, 0.29) is 28.9 Å². The summed E-state index contributed by atoms with van der Waals surface area (Å²) in [5.74, 6) is 3.15. The number of carbonyl (C=O) groups is 1. The van der Waals surface area contributed by atoms with Crippen LogP contribution >= 0.6 is 11.8 Å².